The van der Waals surface area contributed by atoms with Gasteiger partial charge in [0.2, 0.25) is 0 Å². The molecule has 3 heteroatoms. The molecule has 1 aromatic rings. The summed E-state index contributed by atoms with van der Waals surface area (Å²) in [5.41, 5.74) is 3.25. The third kappa shape index (κ3) is 2.92. The summed E-state index contributed by atoms with van der Waals surface area (Å²) in [6.45, 7) is 6.27. The van der Waals surface area contributed by atoms with Gasteiger partial charge in [-0.2, -0.15) is 0 Å². The number of benzene rings is 1. The van der Waals surface area contributed by atoms with Gasteiger partial charge in [0.1, 0.15) is 0 Å². The van der Waals surface area contributed by atoms with Gasteiger partial charge in [-0.25, -0.2) is 4.79 Å². The van der Waals surface area contributed by atoms with Crippen LogP contribution in [-0.2, 0) is 0 Å². The number of urea groups is 1. The first kappa shape index (κ1) is 14.4. The van der Waals surface area contributed by atoms with Crippen LogP contribution in [0.1, 0.15) is 43.7 Å². The molecule has 114 valence electrons. The zero-order chi connectivity index (χ0) is 15.0. The van der Waals surface area contributed by atoms with Crippen molar-refractivity contribution in [2.45, 2.75) is 52.5 Å². The van der Waals surface area contributed by atoms with Gasteiger partial charge in [0.15, 0.2) is 0 Å². The maximum Gasteiger partial charge on any atom is 0.319 e. The van der Waals surface area contributed by atoms with Crippen molar-refractivity contribution in [3.8, 4) is 0 Å². The molecular formula is C18H26N2O. The molecule has 2 aliphatic rings. The molecule has 2 fully saturated rings. The van der Waals surface area contributed by atoms with E-state index in [0.29, 0.717) is 5.92 Å². The molecule has 3 rings (SSSR count). The van der Waals surface area contributed by atoms with Crippen molar-refractivity contribution in [1.29, 1.82) is 0 Å². The number of carbonyl (C=O) groups excluding carboxylic acids is 1. The standard InChI is InChI=1S/C18H26N2O/c1-11-5-4-6-17(12(11)2)20-18(21)19-13(3)16-10-14-7-8-15(16)9-14/h4-6,13-16H,7-10H2,1-3H3,(H2,19,20,21)/t13-,14+,15+,16-/m1/s1. The Labute approximate surface area is 127 Å². The molecule has 2 saturated carbocycles. The minimum Gasteiger partial charge on any atom is -0.335 e. The van der Waals surface area contributed by atoms with E-state index in [0.717, 1.165) is 23.1 Å². The number of nitrogens with one attached hydrogen (secondary N) is 2. The largest absolute Gasteiger partial charge is 0.335 e. The second-order valence-corrected chi connectivity index (χ2v) is 6.97. The van der Waals surface area contributed by atoms with Gasteiger partial charge in [0, 0.05) is 11.7 Å². The van der Waals surface area contributed by atoms with Crippen molar-refractivity contribution < 1.29 is 4.79 Å². The Hall–Kier alpha value is -1.51. The average Bonchev–Trinajstić information content (AvgIpc) is 3.06. The van der Waals surface area contributed by atoms with Crippen LogP contribution < -0.4 is 10.6 Å². The van der Waals surface area contributed by atoms with Crippen LogP contribution in [0.3, 0.4) is 0 Å². The Morgan fingerprint density at radius 3 is 2.71 bits per heavy atom. The molecule has 2 aliphatic carbocycles. The van der Waals surface area contributed by atoms with E-state index in [2.05, 4.69) is 30.5 Å². The molecule has 21 heavy (non-hydrogen) atoms. The number of fused-ring (bicyclic) bond motifs is 2. The molecule has 0 spiro atoms. The summed E-state index contributed by atoms with van der Waals surface area (Å²) in [6, 6.07) is 6.21. The Balaban J connectivity index is 1.58. The molecule has 0 unspecified atom stereocenters. The summed E-state index contributed by atoms with van der Waals surface area (Å²) in [7, 11) is 0. The lowest BCUT2D eigenvalue weighted by atomic mass is 9.84. The number of rotatable bonds is 3. The van der Waals surface area contributed by atoms with Crippen molar-refractivity contribution in [1.82, 2.24) is 5.32 Å². The molecule has 2 bridgehead atoms. The summed E-state index contributed by atoms with van der Waals surface area (Å²) in [5, 5.41) is 6.15. The molecule has 2 amide bonds. The second-order valence-electron chi connectivity index (χ2n) is 6.97. The van der Waals surface area contributed by atoms with Crippen molar-refractivity contribution >= 4 is 11.7 Å². The highest BCUT2D eigenvalue weighted by Gasteiger charge is 2.42. The minimum atomic E-state index is -0.0704. The third-order valence-electron chi connectivity index (χ3n) is 5.65. The van der Waals surface area contributed by atoms with Crippen LogP contribution in [0.25, 0.3) is 0 Å². The lowest BCUT2D eigenvalue weighted by molar-refractivity contribution is 0.230. The fourth-order valence-electron chi connectivity index (χ4n) is 4.27. The first-order chi connectivity index (χ1) is 10.0. The lowest BCUT2D eigenvalue weighted by Gasteiger charge is -2.28. The molecule has 2 N–H and O–H groups in total. The molecule has 0 aromatic heterocycles. The summed E-state index contributed by atoms with van der Waals surface area (Å²) in [5.74, 6) is 2.44. The molecule has 0 radical (unpaired) electrons. The highest BCUT2D eigenvalue weighted by Crippen LogP contribution is 2.49. The van der Waals surface area contributed by atoms with E-state index >= 15 is 0 Å². The first-order valence-corrected chi connectivity index (χ1v) is 8.18. The fraction of sp³-hybridized carbons (Fsp3) is 0.611. The van der Waals surface area contributed by atoms with Gasteiger partial charge in [-0.3, -0.25) is 0 Å². The number of hydrogen-bond donors (Lipinski definition) is 2. The van der Waals surface area contributed by atoms with Gasteiger partial charge in [0.05, 0.1) is 0 Å². The molecule has 0 aliphatic heterocycles. The number of anilines is 1. The zero-order valence-corrected chi connectivity index (χ0v) is 13.3. The third-order valence-corrected chi connectivity index (χ3v) is 5.65. The molecular weight excluding hydrogens is 260 g/mol. The molecule has 1 aromatic carbocycles. The van der Waals surface area contributed by atoms with Crippen LogP contribution in [0, 0.1) is 31.6 Å². The van der Waals surface area contributed by atoms with Crippen LogP contribution in [0.5, 0.6) is 0 Å². The number of aryl methyl sites for hydroxylation is 1. The van der Waals surface area contributed by atoms with E-state index in [1.165, 1.54) is 31.2 Å². The Kier molecular flexibility index (Phi) is 3.92. The maximum atomic E-state index is 12.2. The smallest absolute Gasteiger partial charge is 0.319 e. The van der Waals surface area contributed by atoms with Crippen molar-refractivity contribution in [2.24, 2.45) is 17.8 Å². The Morgan fingerprint density at radius 1 is 1.24 bits per heavy atom. The summed E-state index contributed by atoms with van der Waals surface area (Å²) in [6.07, 6.45) is 5.45. The number of hydrogen-bond acceptors (Lipinski definition) is 1. The van der Waals surface area contributed by atoms with Gasteiger partial charge in [0.25, 0.3) is 0 Å². The maximum absolute atomic E-state index is 12.2. The predicted octanol–water partition coefficient (Wildman–Crippen LogP) is 4.25. The van der Waals surface area contributed by atoms with E-state index in [4.69, 9.17) is 0 Å². The lowest BCUT2D eigenvalue weighted by Crippen LogP contribution is -2.42. The van der Waals surface area contributed by atoms with Crippen molar-refractivity contribution in [3.63, 3.8) is 0 Å². The van der Waals surface area contributed by atoms with Crippen molar-refractivity contribution in [2.75, 3.05) is 5.32 Å². The van der Waals surface area contributed by atoms with Crippen LogP contribution in [0.4, 0.5) is 10.5 Å². The second kappa shape index (κ2) is 5.70. The Bertz CT molecular complexity index is 540. The average molecular weight is 286 g/mol. The van der Waals surface area contributed by atoms with Crippen LogP contribution in [0.15, 0.2) is 18.2 Å². The van der Waals surface area contributed by atoms with Crippen LogP contribution >= 0.6 is 0 Å². The van der Waals surface area contributed by atoms with Crippen LogP contribution in [-0.4, -0.2) is 12.1 Å². The normalized spacial score (nSPS) is 28.4. The van der Waals surface area contributed by atoms with E-state index in [1.54, 1.807) is 0 Å². The molecule has 0 saturated heterocycles. The van der Waals surface area contributed by atoms with E-state index in [9.17, 15) is 4.79 Å². The van der Waals surface area contributed by atoms with E-state index in [1.807, 2.05) is 19.1 Å². The zero-order valence-electron chi connectivity index (χ0n) is 13.3. The van der Waals surface area contributed by atoms with Crippen molar-refractivity contribution in [3.05, 3.63) is 29.3 Å². The molecule has 4 atom stereocenters. The van der Waals surface area contributed by atoms with Gasteiger partial charge in [-0.15, -0.1) is 0 Å². The monoisotopic (exact) mass is 286 g/mol. The first-order valence-electron chi connectivity index (χ1n) is 8.18. The minimum absolute atomic E-state index is 0.0704. The SMILES string of the molecule is Cc1cccc(NC(=O)N[C@H](C)[C@H]2C[C@H]3CC[C@H]2C3)c1C. The van der Waals surface area contributed by atoms with Gasteiger partial charge >= 0.3 is 6.03 Å². The summed E-state index contributed by atoms with van der Waals surface area (Å²) in [4.78, 5) is 12.2. The fourth-order valence-corrected chi connectivity index (χ4v) is 4.27. The topological polar surface area (TPSA) is 41.1 Å². The Morgan fingerprint density at radius 2 is 2.05 bits per heavy atom. The number of carbonyl (C=O) groups is 1. The van der Waals surface area contributed by atoms with Gasteiger partial charge < -0.3 is 10.6 Å². The highest BCUT2D eigenvalue weighted by molar-refractivity contribution is 5.90. The van der Waals surface area contributed by atoms with E-state index < -0.39 is 0 Å². The quantitative estimate of drug-likeness (QED) is 0.857. The number of amides is 2. The molecule has 0 heterocycles. The van der Waals surface area contributed by atoms with Gasteiger partial charge in [-0.05, 0) is 75.0 Å². The van der Waals surface area contributed by atoms with E-state index in [-0.39, 0.29) is 12.1 Å². The predicted molar refractivity (Wildman–Crippen MR) is 86.5 cm³/mol. The highest BCUT2D eigenvalue weighted by atomic mass is 16.2. The van der Waals surface area contributed by atoms with Gasteiger partial charge in [-0.1, -0.05) is 18.6 Å². The summed E-state index contributed by atoms with van der Waals surface area (Å²) >= 11 is 0. The summed E-state index contributed by atoms with van der Waals surface area (Å²) < 4.78 is 0. The van der Waals surface area contributed by atoms with Crippen LogP contribution in [0.2, 0.25) is 0 Å². The molecule has 3 nitrogen and oxygen atoms in total.